The van der Waals surface area contributed by atoms with Crippen LogP contribution < -0.4 is 16.6 Å². The number of anilines is 2. The van der Waals surface area contributed by atoms with Gasteiger partial charge in [0.2, 0.25) is 0 Å². The van der Waals surface area contributed by atoms with Crippen LogP contribution in [0.4, 0.5) is 11.6 Å². The van der Waals surface area contributed by atoms with E-state index in [1.807, 2.05) is 6.92 Å². The Hall–Kier alpha value is -1.36. The minimum Gasteiger partial charge on any atom is -0.369 e. The molecule has 1 unspecified atom stereocenters. The molecule has 1 aromatic heterocycles. The number of nitrogens with two attached hydrogens (primary N) is 1. The number of aromatic nitrogens is 2. The zero-order chi connectivity index (χ0) is 16.4. The zero-order valence-corrected chi connectivity index (χ0v) is 14.8. The van der Waals surface area contributed by atoms with E-state index in [-0.39, 0.29) is 10.8 Å². The second kappa shape index (κ2) is 6.18. The average Bonchev–Trinajstić information content (AvgIpc) is 2.34. The van der Waals surface area contributed by atoms with Gasteiger partial charge in [-0.3, -0.25) is 0 Å². The van der Waals surface area contributed by atoms with E-state index in [1.165, 1.54) is 0 Å². The van der Waals surface area contributed by atoms with Crippen LogP contribution in [0.15, 0.2) is 0 Å². The minimum absolute atomic E-state index is 0.120. The molecule has 0 saturated carbocycles. The Morgan fingerprint density at radius 2 is 1.57 bits per heavy atom. The third-order valence-electron chi connectivity index (χ3n) is 4.01. The fourth-order valence-electron chi connectivity index (χ4n) is 1.72. The summed E-state index contributed by atoms with van der Waals surface area (Å²) in [6, 6.07) is 0. The fraction of sp³-hybridized carbons (Fsp3) is 0.750. The quantitative estimate of drug-likeness (QED) is 0.585. The molecule has 0 radical (unpaired) electrons. The van der Waals surface area contributed by atoms with Gasteiger partial charge in [-0.15, -0.1) is 0 Å². The van der Waals surface area contributed by atoms with Crippen LogP contribution in [0.3, 0.4) is 0 Å². The standard InChI is InChI=1S/C16H31N5/c1-10(15(3,4)5)9-18-12-11(2)13(21-17)20-14(19-12)16(6,7)8/h10H,9,17H2,1-8H3,(H2,18,19,20,21). The van der Waals surface area contributed by atoms with Gasteiger partial charge in [-0.25, -0.2) is 15.8 Å². The Morgan fingerprint density at radius 1 is 1.05 bits per heavy atom. The van der Waals surface area contributed by atoms with Crippen LogP contribution in [0, 0.1) is 18.3 Å². The number of hydrogen-bond donors (Lipinski definition) is 3. The third-order valence-corrected chi connectivity index (χ3v) is 4.01. The van der Waals surface area contributed by atoms with E-state index in [0.29, 0.717) is 11.7 Å². The normalized spacial score (nSPS) is 14.0. The predicted molar refractivity (Wildman–Crippen MR) is 90.4 cm³/mol. The van der Waals surface area contributed by atoms with Crippen molar-refractivity contribution >= 4 is 11.6 Å². The molecule has 0 amide bonds. The SMILES string of the molecule is Cc1c(NN)nc(C(C)(C)C)nc1NCC(C)C(C)(C)C. The van der Waals surface area contributed by atoms with Gasteiger partial charge in [0.15, 0.2) is 0 Å². The molecule has 0 saturated heterocycles. The van der Waals surface area contributed by atoms with Gasteiger partial charge in [-0.1, -0.05) is 48.5 Å². The number of nitrogens with zero attached hydrogens (tertiary/aromatic N) is 2. The molecule has 0 fully saturated rings. The van der Waals surface area contributed by atoms with E-state index in [2.05, 4.69) is 69.2 Å². The van der Waals surface area contributed by atoms with Crippen LogP contribution in [0.25, 0.3) is 0 Å². The van der Waals surface area contributed by atoms with Crippen molar-refractivity contribution in [3.8, 4) is 0 Å². The molecular weight excluding hydrogens is 262 g/mol. The van der Waals surface area contributed by atoms with Crippen LogP contribution in [0.1, 0.15) is 59.9 Å². The van der Waals surface area contributed by atoms with Gasteiger partial charge in [0.05, 0.1) is 0 Å². The third kappa shape index (κ3) is 4.56. The van der Waals surface area contributed by atoms with Crippen LogP contribution in [0.2, 0.25) is 0 Å². The maximum absolute atomic E-state index is 5.59. The number of nitrogens with one attached hydrogen (secondary N) is 2. The van der Waals surface area contributed by atoms with Gasteiger partial charge in [0.1, 0.15) is 17.5 Å². The summed E-state index contributed by atoms with van der Waals surface area (Å²) < 4.78 is 0. The van der Waals surface area contributed by atoms with Crippen molar-refractivity contribution in [2.24, 2.45) is 17.2 Å². The molecule has 0 aliphatic heterocycles. The molecule has 0 aliphatic carbocycles. The first-order chi connectivity index (χ1) is 9.46. The largest absolute Gasteiger partial charge is 0.369 e. The maximum atomic E-state index is 5.59. The lowest BCUT2D eigenvalue weighted by Crippen LogP contribution is -2.27. The zero-order valence-electron chi connectivity index (χ0n) is 14.8. The number of nitrogen functional groups attached to an aromatic ring is 1. The van der Waals surface area contributed by atoms with Crippen molar-refractivity contribution in [1.29, 1.82) is 0 Å². The summed E-state index contributed by atoms with van der Waals surface area (Å²) in [5.74, 6) is 8.44. The number of hydrogen-bond acceptors (Lipinski definition) is 5. The molecule has 1 rings (SSSR count). The summed E-state index contributed by atoms with van der Waals surface area (Å²) in [6.45, 7) is 18.1. The van der Waals surface area contributed by atoms with E-state index in [4.69, 9.17) is 5.84 Å². The molecule has 1 atom stereocenters. The van der Waals surface area contributed by atoms with Gasteiger partial charge < -0.3 is 10.7 Å². The highest BCUT2D eigenvalue weighted by Crippen LogP contribution is 2.28. The first-order valence-corrected chi connectivity index (χ1v) is 7.56. The molecule has 21 heavy (non-hydrogen) atoms. The van der Waals surface area contributed by atoms with Crippen LogP contribution in [0.5, 0.6) is 0 Å². The molecule has 0 aliphatic rings. The van der Waals surface area contributed by atoms with Crippen molar-refractivity contribution in [3.05, 3.63) is 11.4 Å². The highest BCUT2D eigenvalue weighted by Gasteiger charge is 2.23. The van der Waals surface area contributed by atoms with Crippen molar-refractivity contribution in [2.75, 3.05) is 17.3 Å². The number of rotatable bonds is 4. The average molecular weight is 293 g/mol. The van der Waals surface area contributed by atoms with Gasteiger partial charge >= 0.3 is 0 Å². The molecule has 5 heteroatoms. The Bertz CT molecular complexity index is 483. The van der Waals surface area contributed by atoms with Gasteiger partial charge in [-0.2, -0.15) is 0 Å². The van der Waals surface area contributed by atoms with E-state index in [0.717, 1.165) is 23.8 Å². The Morgan fingerprint density at radius 3 is 2.00 bits per heavy atom. The minimum atomic E-state index is -0.120. The second-order valence-corrected chi connectivity index (χ2v) is 7.91. The highest BCUT2D eigenvalue weighted by atomic mass is 15.3. The molecule has 5 nitrogen and oxygen atoms in total. The highest BCUT2D eigenvalue weighted by molar-refractivity contribution is 5.57. The van der Waals surface area contributed by atoms with Crippen LogP contribution in [-0.4, -0.2) is 16.5 Å². The molecule has 0 spiro atoms. The maximum Gasteiger partial charge on any atom is 0.148 e. The molecule has 120 valence electrons. The molecule has 0 bridgehead atoms. The van der Waals surface area contributed by atoms with E-state index in [1.54, 1.807) is 0 Å². The molecule has 1 aromatic rings. The molecule has 0 aromatic carbocycles. The van der Waals surface area contributed by atoms with Gasteiger partial charge in [0, 0.05) is 17.5 Å². The summed E-state index contributed by atoms with van der Waals surface area (Å²) in [4.78, 5) is 9.20. The second-order valence-electron chi connectivity index (χ2n) is 7.91. The summed E-state index contributed by atoms with van der Waals surface area (Å²) >= 11 is 0. The summed E-state index contributed by atoms with van der Waals surface area (Å²) in [6.07, 6.45) is 0. The summed E-state index contributed by atoms with van der Waals surface area (Å²) in [7, 11) is 0. The first kappa shape index (κ1) is 17.7. The van der Waals surface area contributed by atoms with Crippen molar-refractivity contribution in [3.63, 3.8) is 0 Å². The van der Waals surface area contributed by atoms with Crippen LogP contribution >= 0.6 is 0 Å². The van der Waals surface area contributed by atoms with Gasteiger partial charge in [0.25, 0.3) is 0 Å². The Balaban J connectivity index is 3.06. The predicted octanol–water partition coefficient (Wildman–Crippen LogP) is 3.46. The lowest BCUT2D eigenvalue weighted by molar-refractivity contribution is 0.274. The van der Waals surface area contributed by atoms with E-state index in [9.17, 15) is 0 Å². The van der Waals surface area contributed by atoms with Crippen molar-refractivity contribution < 1.29 is 0 Å². The first-order valence-electron chi connectivity index (χ1n) is 7.56. The Labute approximate surface area is 129 Å². The van der Waals surface area contributed by atoms with Crippen LogP contribution in [-0.2, 0) is 5.41 Å². The monoisotopic (exact) mass is 293 g/mol. The number of hydrazine groups is 1. The smallest absolute Gasteiger partial charge is 0.148 e. The molecule has 1 heterocycles. The van der Waals surface area contributed by atoms with Gasteiger partial charge in [-0.05, 0) is 18.3 Å². The van der Waals surface area contributed by atoms with Crippen molar-refractivity contribution in [1.82, 2.24) is 9.97 Å². The molecular formula is C16H31N5. The topological polar surface area (TPSA) is 75.9 Å². The van der Waals surface area contributed by atoms with E-state index >= 15 is 0 Å². The lowest BCUT2D eigenvalue weighted by Gasteiger charge is -2.28. The summed E-state index contributed by atoms with van der Waals surface area (Å²) in [5, 5.41) is 3.46. The van der Waals surface area contributed by atoms with E-state index < -0.39 is 0 Å². The van der Waals surface area contributed by atoms with Crippen molar-refractivity contribution in [2.45, 2.75) is 60.8 Å². The summed E-state index contributed by atoms with van der Waals surface area (Å²) in [5.41, 5.74) is 3.77. The lowest BCUT2D eigenvalue weighted by atomic mass is 9.82. The Kier molecular flexibility index (Phi) is 5.20. The fourth-order valence-corrected chi connectivity index (χ4v) is 1.72. The molecule has 4 N–H and O–H groups in total.